The third kappa shape index (κ3) is 3.81. The Balaban J connectivity index is 1.81. The van der Waals surface area contributed by atoms with E-state index in [1.807, 2.05) is 30.3 Å². The molecule has 0 N–H and O–H groups in total. The van der Waals surface area contributed by atoms with Gasteiger partial charge < -0.3 is 0 Å². The van der Waals surface area contributed by atoms with E-state index >= 15 is 0 Å². The summed E-state index contributed by atoms with van der Waals surface area (Å²) in [6.07, 6.45) is 4.69. The molecule has 0 bridgehead atoms. The minimum absolute atomic E-state index is 0.00944. The van der Waals surface area contributed by atoms with Gasteiger partial charge in [-0.05, 0) is 30.3 Å². The number of benzene rings is 2. The molecule has 0 saturated heterocycles. The smallest absolute Gasteiger partial charge is 0.258 e. The van der Waals surface area contributed by atoms with Gasteiger partial charge in [0.05, 0.1) is 21.7 Å². The standard InChI is InChI=1S/C17H13N3O4S/c21-20(22)16-6-8-17(9-7-16)25(23,24)11-10-14-12-18-19(13-14)15-4-2-1-3-5-15/h1-13H/b11-10+. The molecule has 0 atom stereocenters. The third-order valence-electron chi connectivity index (χ3n) is 3.44. The van der Waals surface area contributed by atoms with E-state index in [2.05, 4.69) is 5.10 Å². The number of hydrogen-bond acceptors (Lipinski definition) is 5. The van der Waals surface area contributed by atoms with E-state index in [1.54, 1.807) is 17.1 Å². The van der Waals surface area contributed by atoms with Gasteiger partial charge in [0, 0.05) is 29.3 Å². The summed E-state index contributed by atoms with van der Waals surface area (Å²) in [5.41, 5.74) is 1.32. The molecular formula is C17H13N3O4S. The predicted octanol–water partition coefficient (Wildman–Crippen LogP) is 3.23. The van der Waals surface area contributed by atoms with Gasteiger partial charge in [0.25, 0.3) is 5.69 Å². The van der Waals surface area contributed by atoms with Gasteiger partial charge in [-0.3, -0.25) is 10.1 Å². The Kier molecular flexibility index (Phi) is 4.44. The van der Waals surface area contributed by atoms with Crippen LogP contribution in [-0.4, -0.2) is 23.1 Å². The minimum Gasteiger partial charge on any atom is -0.258 e. The van der Waals surface area contributed by atoms with Crippen LogP contribution in [0.25, 0.3) is 11.8 Å². The predicted molar refractivity (Wildman–Crippen MR) is 92.9 cm³/mol. The maximum Gasteiger partial charge on any atom is 0.269 e. The summed E-state index contributed by atoms with van der Waals surface area (Å²) < 4.78 is 26.2. The number of hydrogen-bond donors (Lipinski definition) is 0. The first-order chi connectivity index (χ1) is 12.0. The number of non-ortho nitro benzene ring substituents is 1. The highest BCUT2D eigenvalue weighted by Crippen LogP contribution is 2.18. The molecule has 3 rings (SSSR count). The van der Waals surface area contributed by atoms with Crippen LogP contribution < -0.4 is 0 Å². The first-order valence-electron chi connectivity index (χ1n) is 7.23. The van der Waals surface area contributed by atoms with Gasteiger partial charge in [0.1, 0.15) is 0 Å². The topological polar surface area (TPSA) is 95.1 Å². The number of aromatic nitrogens is 2. The number of nitrogens with zero attached hydrogens (tertiary/aromatic N) is 3. The lowest BCUT2D eigenvalue weighted by atomic mass is 10.3. The molecule has 0 radical (unpaired) electrons. The normalized spacial score (nSPS) is 11.7. The molecular weight excluding hydrogens is 342 g/mol. The third-order valence-corrected chi connectivity index (χ3v) is 4.86. The number of sulfone groups is 1. The molecule has 0 saturated carbocycles. The molecule has 0 unspecified atom stereocenters. The average molecular weight is 355 g/mol. The number of para-hydroxylation sites is 1. The molecule has 7 nitrogen and oxygen atoms in total. The van der Waals surface area contributed by atoms with E-state index < -0.39 is 14.8 Å². The molecule has 25 heavy (non-hydrogen) atoms. The second kappa shape index (κ2) is 6.70. The molecule has 3 aromatic rings. The van der Waals surface area contributed by atoms with Gasteiger partial charge in [0.2, 0.25) is 0 Å². The van der Waals surface area contributed by atoms with E-state index in [-0.39, 0.29) is 10.6 Å². The second-order valence-corrected chi connectivity index (χ2v) is 6.99. The van der Waals surface area contributed by atoms with Gasteiger partial charge in [-0.15, -0.1) is 0 Å². The summed E-state index contributed by atoms with van der Waals surface area (Å²) in [6, 6.07) is 14.2. The van der Waals surface area contributed by atoms with Gasteiger partial charge in [0.15, 0.2) is 9.84 Å². The number of rotatable bonds is 5. The SMILES string of the molecule is O=[N+]([O-])c1ccc(S(=O)(=O)/C=C/c2cnn(-c3ccccc3)c2)cc1. The highest BCUT2D eigenvalue weighted by molar-refractivity contribution is 7.94. The maximum absolute atomic E-state index is 12.3. The summed E-state index contributed by atoms with van der Waals surface area (Å²) in [6.45, 7) is 0. The van der Waals surface area contributed by atoms with E-state index in [4.69, 9.17) is 0 Å². The Bertz CT molecular complexity index is 1020. The van der Waals surface area contributed by atoms with E-state index in [0.29, 0.717) is 5.56 Å². The zero-order valence-corrected chi connectivity index (χ0v) is 13.7. The first kappa shape index (κ1) is 16.6. The molecule has 0 fully saturated rings. The quantitative estimate of drug-likeness (QED) is 0.517. The van der Waals surface area contributed by atoms with Gasteiger partial charge in [-0.25, -0.2) is 13.1 Å². The molecule has 8 heteroatoms. The number of nitro groups is 1. The van der Waals surface area contributed by atoms with Crippen LogP contribution >= 0.6 is 0 Å². The van der Waals surface area contributed by atoms with E-state index in [9.17, 15) is 18.5 Å². The maximum atomic E-state index is 12.3. The van der Waals surface area contributed by atoms with Crippen molar-refractivity contribution < 1.29 is 13.3 Å². The Morgan fingerprint density at radius 3 is 2.36 bits per heavy atom. The van der Waals surface area contributed by atoms with Crippen LogP contribution in [0.1, 0.15) is 5.56 Å². The van der Waals surface area contributed by atoms with Crippen molar-refractivity contribution in [3.05, 3.63) is 88.1 Å². The number of nitro benzene ring substituents is 1. The van der Waals surface area contributed by atoms with Crippen LogP contribution in [0.4, 0.5) is 5.69 Å². The van der Waals surface area contributed by atoms with Crippen molar-refractivity contribution >= 4 is 21.6 Å². The fraction of sp³-hybridized carbons (Fsp3) is 0. The fourth-order valence-electron chi connectivity index (χ4n) is 2.15. The van der Waals surface area contributed by atoms with Crippen molar-refractivity contribution in [2.45, 2.75) is 4.90 Å². The summed E-state index contributed by atoms with van der Waals surface area (Å²) in [5.74, 6) is 0. The van der Waals surface area contributed by atoms with Crippen LogP contribution in [-0.2, 0) is 9.84 Å². The van der Waals surface area contributed by atoms with E-state index in [0.717, 1.165) is 23.2 Å². The Labute approximate surface area is 143 Å². The van der Waals surface area contributed by atoms with Crippen LogP contribution in [0.3, 0.4) is 0 Å². The van der Waals surface area contributed by atoms with E-state index in [1.165, 1.54) is 18.2 Å². The largest absolute Gasteiger partial charge is 0.269 e. The lowest BCUT2D eigenvalue weighted by molar-refractivity contribution is -0.384. The minimum atomic E-state index is -3.70. The monoisotopic (exact) mass is 355 g/mol. The molecule has 0 aliphatic rings. The Morgan fingerprint density at radius 2 is 1.72 bits per heavy atom. The molecule has 1 heterocycles. The zero-order chi connectivity index (χ0) is 17.9. The summed E-state index contributed by atoms with van der Waals surface area (Å²) in [7, 11) is -3.70. The van der Waals surface area contributed by atoms with Crippen LogP contribution in [0.2, 0.25) is 0 Å². The Morgan fingerprint density at radius 1 is 1.04 bits per heavy atom. The molecule has 0 aliphatic carbocycles. The van der Waals surface area contributed by atoms with Crippen molar-refractivity contribution in [3.8, 4) is 5.69 Å². The Hall–Kier alpha value is -3.26. The van der Waals surface area contributed by atoms with Crippen molar-refractivity contribution in [3.63, 3.8) is 0 Å². The van der Waals surface area contributed by atoms with Crippen molar-refractivity contribution in [1.29, 1.82) is 0 Å². The van der Waals surface area contributed by atoms with Gasteiger partial charge >= 0.3 is 0 Å². The molecule has 0 amide bonds. The van der Waals surface area contributed by atoms with Crippen molar-refractivity contribution in [2.75, 3.05) is 0 Å². The lowest BCUT2D eigenvalue weighted by Gasteiger charge is -1.99. The first-order valence-corrected chi connectivity index (χ1v) is 8.78. The molecule has 1 aromatic heterocycles. The summed E-state index contributed by atoms with van der Waals surface area (Å²) in [4.78, 5) is 10.0. The average Bonchev–Trinajstić information content (AvgIpc) is 3.10. The summed E-state index contributed by atoms with van der Waals surface area (Å²) >= 11 is 0. The van der Waals surface area contributed by atoms with Crippen molar-refractivity contribution in [1.82, 2.24) is 9.78 Å². The highest BCUT2D eigenvalue weighted by atomic mass is 32.2. The van der Waals surface area contributed by atoms with Crippen LogP contribution in [0, 0.1) is 10.1 Å². The van der Waals surface area contributed by atoms with Gasteiger partial charge in [-0.2, -0.15) is 5.10 Å². The van der Waals surface area contributed by atoms with Crippen LogP contribution in [0.5, 0.6) is 0 Å². The van der Waals surface area contributed by atoms with Gasteiger partial charge in [-0.1, -0.05) is 18.2 Å². The molecule has 0 spiro atoms. The molecule has 2 aromatic carbocycles. The lowest BCUT2D eigenvalue weighted by Crippen LogP contribution is -1.96. The van der Waals surface area contributed by atoms with Crippen LogP contribution in [0.15, 0.2) is 77.3 Å². The fourth-order valence-corrected chi connectivity index (χ4v) is 3.16. The second-order valence-electron chi connectivity index (χ2n) is 5.15. The highest BCUT2D eigenvalue weighted by Gasteiger charge is 2.13. The zero-order valence-electron chi connectivity index (χ0n) is 12.9. The molecule has 0 aliphatic heterocycles. The summed E-state index contributed by atoms with van der Waals surface area (Å²) in [5, 5.41) is 15.9. The molecule has 126 valence electrons. The van der Waals surface area contributed by atoms with Crippen molar-refractivity contribution in [2.24, 2.45) is 0 Å².